The molecule has 0 aliphatic rings. The van der Waals surface area contributed by atoms with Crippen LogP contribution in [0.15, 0.2) is 0 Å². The van der Waals surface area contributed by atoms with E-state index >= 15 is 0 Å². The quantitative estimate of drug-likeness (QED) is 0.406. The van der Waals surface area contributed by atoms with Gasteiger partial charge in [0.1, 0.15) is 0 Å². The molecule has 0 aromatic rings. The van der Waals surface area contributed by atoms with Gasteiger partial charge in [-0.3, -0.25) is 0 Å². The highest BCUT2D eigenvalue weighted by atomic mass is 32.1. The van der Waals surface area contributed by atoms with E-state index in [0.29, 0.717) is 0 Å². The van der Waals surface area contributed by atoms with E-state index in [2.05, 4.69) is 27.7 Å². The third-order valence-corrected chi connectivity index (χ3v) is 4.14. The van der Waals surface area contributed by atoms with Crippen LogP contribution in [0.1, 0.15) is 79.1 Å². The summed E-state index contributed by atoms with van der Waals surface area (Å²) in [4.78, 5) is 0. The number of hydrogen-bond acceptors (Lipinski definition) is 1. The van der Waals surface area contributed by atoms with Crippen molar-refractivity contribution in [3.63, 3.8) is 0 Å². The van der Waals surface area contributed by atoms with E-state index in [1.807, 2.05) is 5.37 Å². The predicted molar refractivity (Wildman–Crippen MR) is 83.8 cm³/mol. The minimum absolute atomic E-state index is 0.842. The Bertz CT molecular complexity index is 174. The SMILES string of the molecule is CCCCC(CC=S)CCC(CCC)C(C)C. The molecule has 0 aromatic carbocycles. The molecule has 0 fully saturated rings. The van der Waals surface area contributed by atoms with Crippen LogP contribution in [0.4, 0.5) is 0 Å². The van der Waals surface area contributed by atoms with Gasteiger partial charge in [0.25, 0.3) is 0 Å². The van der Waals surface area contributed by atoms with Gasteiger partial charge in [-0.15, -0.1) is 0 Å². The number of thiocarbonyl (C=S) groups is 1. The lowest BCUT2D eigenvalue weighted by atomic mass is 9.83. The van der Waals surface area contributed by atoms with Gasteiger partial charge in [0, 0.05) is 0 Å². The van der Waals surface area contributed by atoms with E-state index in [1.54, 1.807) is 0 Å². The molecule has 2 atom stereocenters. The fourth-order valence-electron chi connectivity index (χ4n) is 2.64. The highest BCUT2D eigenvalue weighted by molar-refractivity contribution is 7.78. The zero-order chi connectivity index (χ0) is 13.1. The van der Waals surface area contributed by atoms with Gasteiger partial charge in [-0.1, -0.05) is 72.0 Å². The van der Waals surface area contributed by atoms with Gasteiger partial charge in [-0.05, 0) is 42.4 Å². The topological polar surface area (TPSA) is 0 Å². The van der Waals surface area contributed by atoms with Gasteiger partial charge in [0.05, 0.1) is 0 Å². The Hall–Kier alpha value is 0.0900. The van der Waals surface area contributed by atoms with Crippen molar-refractivity contribution in [2.45, 2.75) is 79.1 Å². The Morgan fingerprint density at radius 1 is 0.941 bits per heavy atom. The Morgan fingerprint density at radius 3 is 2.12 bits per heavy atom. The normalized spacial score (nSPS) is 14.9. The fraction of sp³-hybridized carbons (Fsp3) is 0.938. The summed E-state index contributed by atoms with van der Waals surface area (Å²) in [6.45, 7) is 9.34. The van der Waals surface area contributed by atoms with E-state index < -0.39 is 0 Å². The van der Waals surface area contributed by atoms with Gasteiger partial charge >= 0.3 is 0 Å². The smallest absolute Gasteiger partial charge is 0.0208 e. The van der Waals surface area contributed by atoms with Crippen molar-refractivity contribution in [2.75, 3.05) is 0 Å². The first-order valence-corrected chi connectivity index (χ1v) is 8.06. The van der Waals surface area contributed by atoms with E-state index in [0.717, 1.165) is 24.2 Å². The Balaban J connectivity index is 4.01. The van der Waals surface area contributed by atoms with Crippen molar-refractivity contribution in [3.05, 3.63) is 0 Å². The van der Waals surface area contributed by atoms with E-state index in [9.17, 15) is 0 Å². The second-order valence-corrected chi connectivity index (χ2v) is 6.11. The Kier molecular flexibility index (Phi) is 11.3. The maximum atomic E-state index is 5.04. The molecule has 0 heterocycles. The van der Waals surface area contributed by atoms with Gasteiger partial charge < -0.3 is 0 Å². The van der Waals surface area contributed by atoms with Crippen LogP contribution in [-0.4, -0.2) is 5.37 Å². The van der Waals surface area contributed by atoms with Gasteiger partial charge in [-0.2, -0.15) is 0 Å². The highest BCUT2D eigenvalue weighted by Gasteiger charge is 2.15. The largest absolute Gasteiger partial charge is 0.0935 e. The van der Waals surface area contributed by atoms with E-state index in [4.69, 9.17) is 12.2 Å². The Labute approximate surface area is 115 Å². The van der Waals surface area contributed by atoms with Crippen molar-refractivity contribution in [1.29, 1.82) is 0 Å². The number of rotatable bonds is 11. The third kappa shape index (κ3) is 8.77. The molecular weight excluding hydrogens is 224 g/mol. The summed E-state index contributed by atoms with van der Waals surface area (Å²) in [7, 11) is 0. The fourth-order valence-corrected chi connectivity index (χ4v) is 2.91. The maximum Gasteiger partial charge on any atom is -0.0208 e. The van der Waals surface area contributed by atoms with Crippen molar-refractivity contribution in [2.24, 2.45) is 17.8 Å². The van der Waals surface area contributed by atoms with Crippen molar-refractivity contribution >= 4 is 17.6 Å². The maximum absolute atomic E-state index is 5.04. The monoisotopic (exact) mass is 256 g/mol. The number of unbranched alkanes of at least 4 members (excludes halogenated alkanes) is 1. The van der Waals surface area contributed by atoms with Crippen LogP contribution >= 0.6 is 12.2 Å². The molecule has 0 bridgehead atoms. The van der Waals surface area contributed by atoms with Crippen LogP contribution in [0.25, 0.3) is 0 Å². The molecule has 0 nitrogen and oxygen atoms in total. The molecule has 0 N–H and O–H groups in total. The van der Waals surface area contributed by atoms with Crippen molar-refractivity contribution in [3.8, 4) is 0 Å². The molecule has 0 amide bonds. The summed E-state index contributed by atoms with van der Waals surface area (Å²) >= 11 is 5.04. The predicted octanol–water partition coefficient (Wildman–Crippen LogP) is 6.04. The highest BCUT2D eigenvalue weighted by Crippen LogP contribution is 2.27. The summed E-state index contributed by atoms with van der Waals surface area (Å²) < 4.78 is 0. The summed E-state index contributed by atoms with van der Waals surface area (Å²) in [5, 5.41) is 1.95. The average molecular weight is 256 g/mol. The van der Waals surface area contributed by atoms with Crippen LogP contribution in [0.5, 0.6) is 0 Å². The zero-order valence-corrected chi connectivity index (χ0v) is 13.2. The number of hydrogen-bond donors (Lipinski definition) is 0. The molecular formula is C16H32S. The summed E-state index contributed by atoms with van der Waals surface area (Å²) in [5.41, 5.74) is 0. The molecule has 0 radical (unpaired) electrons. The third-order valence-electron chi connectivity index (χ3n) is 3.94. The first-order chi connectivity index (χ1) is 8.15. The minimum Gasteiger partial charge on any atom is -0.0935 e. The molecule has 0 aromatic heterocycles. The lowest BCUT2D eigenvalue weighted by molar-refractivity contribution is 0.295. The first kappa shape index (κ1) is 17.1. The summed E-state index contributed by atoms with van der Waals surface area (Å²) in [5.74, 6) is 2.62. The molecule has 0 saturated carbocycles. The lowest BCUT2D eigenvalue weighted by Crippen LogP contribution is -2.11. The molecule has 0 aliphatic carbocycles. The van der Waals surface area contributed by atoms with Gasteiger partial charge in [0.15, 0.2) is 0 Å². The molecule has 0 aliphatic heterocycles. The van der Waals surface area contributed by atoms with Crippen LogP contribution in [0, 0.1) is 17.8 Å². The molecule has 1 heteroatoms. The summed E-state index contributed by atoms with van der Waals surface area (Å²) in [6.07, 6.45) is 10.7. The lowest BCUT2D eigenvalue weighted by Gasteiger charge is -2.23. The second-order valence-electron chi connectivity index (χ2n) is 5.78. The second kappa shape index (κ2) is 11.2. The molecule has 17 heavy (non-hydrogen) atoms. The Morgan fingerprint density at radius 2 is 1.65 bits per heavy atom. The van der Waals surface area contributed by atoms with Crippen molar-refractivity contribution < 1.29 is 0 Å². The zero-order valence-electron chi connectivity index (χ0n) is 12.4. The molecule has 0 spiro atoms. The van der Waals surface area contributed by atoms with E-state index in [-0.39, 0.29) is 0 Å². The summed E-state index contributed by atoms with van der Waals surface area (Å²) in [6, 6.07) is 0. The van der Waals surface area contributed by atoms with E-state index in [1.165, 1.54) is 44.9 Å². The van der Waals surface area contributed by atoms with Crippen LogP contribution < -0.4 is 0 Å². The van der Waals surface area contributed by atoms with Crippen LogP contribution in [0.3, 0.4) is 0 Å². The van der Waals surface area contributed by atoms with Gasteiger partial charge in [0.2, 0.25) is 0 Å². The first-order valence-electron chi connectivity index (χ1n) is 7.59. The van der Waals surface area contributed by atoms with Crippen LogP contribution in [-0.2, 0) is 0 Å². The van der Waals surface area contributed by atoms with Crippen LogP contribution in [0.2, 0.25) is 0 Å². The minimum atomic E-state index is 0.842. The molecule has 2 unspecified atom stereocenters. The molecule has 0 saturated heterocycles. The standard InChI is InChI=1S/C16H32S/c1-5-7-9-15(12-13-17)10-11-16(8-6-2)14(3)4/h13-16H,5-12H2,1-4H3. The average Bonchev–Trinajstić information content (AvgIpc) is 2.30. The molecule has 102 valence electrons. The van der Waals surface area contributed by atoms with Gasteiger partial charge in [-0.25, -0.2) is 0 Å². The molecule has 0 rings (SSSR count). The van der Waals surface area contributed by atoms with Crippen molar-refractivity contribution in [1.82, 2.24) is 0 Å².